The fourth-order valence-electron chi connectivity index (χ4n) is 2.61. The number of guanidine groups is 1. The van der Waals surface area contributed by atoms with Crippen LogP contribution in [-0.4, -0.2) is 55.6 Å². The minimum absolute atomic E-state index is 0. The van der Waals surface area contributed by atoms with E-state index in [1.54, 1.807) is 30.2 Å². The Bertz CT molecular complexity index is 939. The molecule has 3 N–H and O–H groups in total. The summed E-state index contributed by atoms with van der Waals surface area (Å²) < 4.78 is 6.91. The lowest BCUT2D eigenvalue weighted by Gasteiger charge is -2.20. The van der Waals surface area contributed by atoms with Crippen LogP contribution in [0.2, 0.25) is 0 Å². The Morgan fingerprint density at radius 1 is 1.33 bits per heavy atom. The second-order valence-corrected chi connectivity index (χ2v) is 6.78. The summed E-state index contributed by atoms with van der Waals surface area (Å²) in [6.45, 7) is 5.15. The molecule has 0 aliphatic rings. The lowest BCUT2D eigenvalue weighted by Crippen LogP contribution is -2.39. The average molecular weight is 526 g/mol. The molecule has 3 aromatic heterocycles. The van der Waals surface area contributed by atoms with Crippen molar-refractivity contribution in [3.8, 4) is 11.6 Å². The standard InChI is InChI=1S/C19H26N8O2.HI/c1-4-20-18(23-13-19(2,28)14-11-24-27(3)12-14)22-10-8-16-25-17(29-26-16)15-7-5-6-9-21-15;/h5-7,9,11-12,28H,4,8,10,13H2,1-3H3,(H2,20,22,23);1H. The molecule has 0 saturated carbocycles. The van der Waals surface area contributed by atoms with Crippen LogP contribution in [-0.2, 0) is 19.1 Å². The Hall–Kier alpha value is -2.54. The molecule has 1 unspecified atom stereocenters. The van der Waals surface area contributed by atoms with E-state index in [1.165, 1.54) is 0 Å². The number of halogens is 1. The molecule has 0 aliphatic heterocycles. The van der Waals surface area contributed by atoms with Gasteiger partial charge in [0.1, 0.15) is 11.3 Å². The number of nitrogens with one attached hydrogen (secondary N) is 2. The van der Waals surface area contributed by atoms with Crippen LogP contribution in [0.4, 0.5) is 0 Å². The van der Waals surface area contributed by atoms with Crippen LogP contribution in [0.15, 0.2) is 46.3 Å². The first-order chi connectivity index (χ1) is 14.0. The van der Waals surface area contributed by atoms with Crippen molar-refractivity contribution in [2.24, 2.45) is 12.0 Å². The van der Waals surface area contributed by atoms with Gasteiger partial charge in [0.2, 0.25) is 0 Å². The molecule has 30 heavy (non-hydrogen) atoms. The van der Waals surface area contributed by atoms with Crippen molar-refractivity contribution < 1.29 is 9.63 Å². The summed E-state index contributed by atoms with van der Waals surface area (Å²) in [5.74, 6) is 1.58. The third-order valence-corrected chi connectivity index (χ3v) is 4.21. The zero-order chi connectivity index (χ0) is 20.7. The number of nitrogens with zero attached hydrogens (tertiary/aromatic N) is 6. The second-order valence-electron chi connectivity index (χ2n) is 6.78. The quantitative estimate of drug-likeness (QED) is 0.229. The summed E-state index contributed by atoms with van der Waals surface area (Å²) in [6, 6.07) is 5.52. The van der Waals surface area contributed by atoms with Crippen molar-refractivity contribution in [2.45, 2.75) is 25.9 Å². The van der Waals surface area contributed by atoms with Gasteiger partial charge in [-0.2, -0.15) is 10.1 Å². The number of hydrogen-bond acceptors (Lipinski definition) is 7. The van der Waals surface area contributed by atoms with Crippen LogP contribution in [0, 0.1) is 0 Å². The minimum atomic E-state index is -1.11. The summed E-state index contributed by atoms with van der Waals surface area (Å²) in [4.78, 5) is 13.0. The Morgan fingerprint density at radius 2 is 2.17 bits per heavy atom. The van der Waals surface area contributed by atoms with Crippen molar-refractivity contribution in [2.75, 3.05) is 19.6 Å². The molecule has 3 aromatic rings. The SMILES string of the molecule is CCNC(=NCC(C)(O)c1cnn(C)c1)NCCc1noc(-c2ccccn2)n1.I. The normalized spacial score (nSPS) is 13.4. The number of hydrogen-bond donors (Lipinski definition) is 3. The van der Waals surface area contributed by atoms with Gasteiger partial charge in [0.05, 0.1) is 12.7 Å². The fourth-order valence-corrected chi connectivity index (χ4v) is 2.61. The van der Waals surface area contributed by atoms with Crippen LogP contribution in [0.25, 0.3) is 11.6 Å². The van der Waals surface area contributed by atoms with Gasteiger partial charge in [0.25, 0.3) is 5.89 Å². The third kappa shape index (κ3) is 6.49. The Kier molecular flexibility index (Phi) is 8.72. The van der Waals surface area contributed by atoms with E-state index in [4.69, 9.17) is 4.52 Å². The number of aliphatic hydroxyl groups is 1. The lowest BCUT2D eigenvalue weighted by atomic mass is 10.0. The number of aliphatic imine (C=N–C) groups is 1. The average Bonchev–Trinajstić information content (AvgIpc) is 3.36. The molecule has 0 bridgehead atoms. The van der Waals surface area contributed by atoms with E-state index in [9.17, 15) is 5.11 Å². The first-order valence-electron chi connectivity index (χ1n) is 9.45. The van der Waals surface area contributed by atoms with Gasteiger partial charge in [-0.3, -0.25) is 9.67 Å². The van der Waals surface area contributed by atoms with Crippen molar-refractivity contribution in [3.05, 3.63) is 48.2 Å². The highest BCUT2D eigenvalue weighted by Crippen LogP contribution is 2.19. The third-order valence-electron chi connectivity index (χ3n) is 4.21. The Morgan fingerprint density at radius 3 is 2.83 bits per heavy atom. The lowest BCUT2D eigenvalue weighted by molar-refractivity contribution is 0.0672. The molecular weight excluding hydrogens is 499 g/mol. The smallest absolute Gasteiger partial charge is 0.276 e. The molecule has 11 heteroatoms. The summed E-state index contributed by atoms with van der Waals surface area (Å²) in [7, 11) is 1.81. The van der Waals surface area contributed by atoms with Gasteiger partial charge in [0, 0.05) is 44.5 Å². The van der Waals surface area contributed by atoms with Crippen molar-refractivity contribution >= 4 is 29.9 Å². The van der Waals surface area contributed by atoms with Crippen molar-refractivity contribution in [1.82, 2.24) is 35.5 Å². The van der Waals surface area contributed by atoms with Gasteiger partial charge in [-0.1, -0.05) is 11.2 Å². The molecule has 0 amide bonds. The second kappa shape index (κ2) is 11.0. The topological polar surface area (TPSA) is 126 Å². The molecule has 3 heterocycles. The molecule has 1 atom stereocenters. The first-order valence-corrected chi connectivity index (χ1v) is 9.45. The van der Waals surface area contributed by atoms with Crippen LogP contribution in [0.3, 0.4) is 0 Å². The number of rotatable bonds is 8. The molecule has 0 aromatic carbocycles. The molecule has 0 saturated heterocycles. The van der Waals surface area contributed by atoms with Gasteiger partial charge in [0.15, 0.2) is 11.8 Å². The summed E-state index contributed by atoms with van der Waals surface area (Å²) in [5, 5.41) is 25.1. The highest BCUT2D eigenvalue weighted by Gasteiger charge is 2.24. The predicted octanol–water partition coefficient (Wildman–Crippen LogP) is 1.49. The zero-order valence-corrected chi connectivity index (χ0v) is 19.6. The largest absolute Gasteiger partial charge is 0.383 e. The maximum atomic E-state index is 10.7. The van der Waals surface area contributed by atoms with Crippen LogP contribution < -0.4 is 10.6 Å². The van der Waals surface area contributed by atoms with Crippen molar-refractivity contribution in [3.63, 3.8) is 0 Å². The highest BCUT2D eigenvalue weighted by atomic mass is 127. The maximum Gasteiger partial charge on any atom is 0.276 e. The van der Waals surface area contributed by atoms with E-state index in [0.717, 1.165) is 0 Å². The van der Waals surface area contributed by atoms with Crippen LogP contribution >= 0.6 is 24.0 Å². The van der Waals surface area contributed by atoms with E-state index >= 15 is 0 Å². The number of pyridine rings is 1. The molecule has 162 valence electrons. The van der Waals surface area contributed by atoms with Crippen LogP contribution in [0.5, 0.6) is 0 Å². The van der Waals surface area contributed by atoms with E-state index in [-0.39, 0.29) is 30.5 Å². The highest BCUT2D eigenvalue weighted by molar-refractivity contribution is 14.0. The Labute approximate surface area is 192 Å². The molecular formula is C19H27IN8O2. The Balaban J connectivity index is 0.00000320. The van der Waals surface area contributed by atoms with Crippen molar-refractivity contribution in [1.29, 1.82) is 0 Å². The fraction of sp³-hybridized carbons (Fsp3) is 0.421. The zero-order valence-electron chi connectivity index (χ0n) is 17.2. The van der Waals surface area contributed by atoms with E-state index in [1.807, 2.05) is 32.2 Å². The molecule has 10 nitrogen and oxygen atoms in total. The van der Waals surface area contributed by atoms with Crippen LogP contribution in [0.1, 0.15) is 25.2 Å². The number of aryl methyl sites for hydroxylation is 1. The van der Waals surface area contributed by atoms with Gasteiger partial charge in [-0.25, -0.2) is 4.99 Å². The molecule has 0 aliphatic carbocycles. The minimum Gasteiger partial charge on any atom is -0.383 e. The predicted molar refractivity (Wildman–Crippen MR) is 123 cm³/mol. The summed E-state index contributed by atoms with van der Waals surface area (Å²) in [6.07, 6.45) is 5.66. The van der Waals surface area contributed by atoms with Gasteiger partial charge < -0.3 is 20.3 Å². The van der Waals surface area contributed by atoms with Gasteiger partial charge in [-0.05, 0) is 26.0 Å². The summed E-state index contributed by atoms with van der Waals surface area (Å²) >= 11 is 0. The monoisotopic (exact) mass is 526 g/mol. The van der Waals surface area contributed by atoms with E-state index < -0.39 is 5.60 Å². The molecule has 3 rings (SSSR count). The summed E-state index contributed by atoms with van der Waals surface area (Å²) in [5.41, 5.74) is 0.252. The first kappa shape index (κ1) is 23.7. The number of aromatic nitrogens is 5. The van der Waals surface area contributed by atoms with E-state index in [0.29, 0.717) is 48.4 Å². The molecule has 0 radical (unpaired) electrons. The molecule has 0 spiro atoms. The van der Waals surface area contributed by atoms with E-state index in [2.05, 4.69) is 35.8 Å². The maximum absolute atomic E-state index is 10.7. The molecule has 0 fully saturated rings. The van der Waals surface area contributed by atoms with Gasteiger partial charge in [-0.15, -0.1) is 24.0 Å². The van der Waals surface area contributed by atoms with Gasteiger partial charge >= 0.3 is 0 Å².